The van der Waals surface area contributed by atoms with Crippen LogP contribution in [0.5, 0.6) is 5.75 Å². The van der Waals surface area contributed by atoms with Gasteiger partial charge >= 0.3 is 5.97 Å². The number of benzene rings is 1. The van der Waals surface area contributed by atoms with Gasteiger partial charge < -0.3 is 15.6 Å². The smallest absolute Gasteiger partial charge is 0.320 e. The Morgan fingerprint density at radius 3 is 2.65 bits per heavy atom. The van der Waals surface area contributed by atoms with Crippen molar-refractivity contribution in [3.8, 4) is 5.75 Å². The molecule has 5 heteroatoms. The van der Waals surface area contributed by atoms with Crippen molar-refractivity contribution >= 4 is 21.9 Å². The van der Waals surface area contributed by atoms with Crippen LogP contribution in [0.2, 0.25) is 0 Å². The fourth-order valence-electron chi connectivity index (χ4n) is 1.74. The molecule has 1 aromatic rings. The highest BCUT2D eigenvalue weighted by Gasteiger charge is 2.19. The summed E-state index contributed by atoms with van der Waals surface area (Å²) in [4.78, 5) is 10.8. The summed E-state index contributed by atoms with van der Waals surface area (Å²) in [6.07, 6.45) is 0.262. The van der Waals surface area contributed by atoms with Gasteiger partial charge in [-0.05, 0) is 31.0 Å². The first-order valence-electron chi connectivity index (χ1n) is 5.19. The van der Waals surface area contributed by atoms with E-state index >= 15 is 0 Å². The lowest BCUT2D eigenvalue weighted by atomic mass is 9.97. The molecule has 0 aliphatic rings. The lowest BCUT2D eigenvalue weighted by Gasteiger charge is -2.17. The maximum absolute atomic E-state index is 10.8. The van der Waals surface area contributed by atoms with Crippen LogP contribution in [0.1, 0.15) is 16.7 Å². The zero-order valence-electron chi connectivity index (χ0n) is 10.1. The summed E-state index contributed by atoms with van der Waals surface area (Å²) in [5.74, 6) is -0.305. The molecule has 0 aliphatic heterocycles. The Kier molecular flexibility index (Phi) is 4.54. The van der Waals surface area contributed by atoms with Gasteiger partial charge in [0.1, 0.15) is 11.8 Å². The molecule has 0 aromatic heterocycles. The maximum atomic E-state index is 10.8. The van der Waals surface area contributed by atoms with Crippen molar-refractivity contribution in [3.05, 3.63) is 27.2 Å². The van der Waals surface area contributed by atoms with Gasteiger partial charge in [0, 0.05) is 16.5 Å². The second-order valence-electron chi connectivity index (χ2n) is 3.96. The number of carbonyl (C=O) groups is 1. The van der Waals surface area contributed by atoms with Crippen molar-refractivity contribution in [2.75, 3.05) is 7.11 Å². The third-order valence-electron chi connectivity index (χ3n) is 2.74. The molecule has 1 atom stereocenters. The predicted octanol–water partition coefficient (Wildman–Crippen LogP) is 2.03. The summed E-state index contributed by atoms with van der Waals surface area (Å²) in [6.45, 7) is 3.83. The average molecular weight is 302 g/mol. The fourth-order valence-corrected chi connectivity index (χ4v) is 2.26. The Morgan fingerprint density at radius 2 is 2.18 bits per heavy atom. The van der Waals surface area contributed by atoms with Gasteiger partial charge in [-0.2, -0.15) is 0 Å². The lowest BCUT2D eigenvalue weighted by Crippen LogP contribution is -2.32. The van der Waals surface area contributed by atoms with Crippen LogP contribution in [0.3, 0.4) is 0 Å². The Bertz CT molecular complexity index is 446. The van der Waals surface area contributed by atoms with E-state index in [1.165, 1.54) is 0 Å². The van der Waals surface area contributed by atoms with Crippen LogP contribution >= 0.6 is 15.9 Å². The zero-order chi connectivity index (χ0) is 13.2. The third kappa shape index (κ3) is 2.98. The van der Waals surface area contributed by atoms with Crippen molar-refractivity contribution in [1.82, 2.24) is 0 Å². The van der Waals surface area contributed by atoms with Gasteiger partial charge in [-0.3, -0.25) is 4.79 Å². The Hall–Kier alpha value is -1.07. The molecule has 1 aromatic carbocycles. The molecule has 4 nitrogen and oxygen atoms in total. The topological polar surface area (TPSA) is 72.5 Å². The number of hydrogen-bond donors (Lipinski definition) is 2. The van der Waals surface area contributed by atoms with Crippen LogP contribution in [-0.2, 0) is 11.2 Å². The number of methoxy groups -OCH3 is 1. The van der Waals surface area contributed by atoms with Crippen LogP contribution in [0.15, 0.2) is 10.5 Å². The predicted molar refractivity (Wildman–Crippen MR) is 69.5 cm³/mol. The monoisotopic (exact) mass is 301 g/mol. The molecular weight excluding hydrogens is 286 g/mol. The van der Waals surface area contributed by atoms with Gasteiger partial charge in [0.2, 0.25) is 0 Å². The van der Waals surface area contributed by atoms with E-state index in [9.17, 15) is 4.79 Å². The molecule has 0 radical (unpaired) electrons. The minimum Gasteiger partial charge on any atom is -0.496 e. The normalized spacial score (nSPS) is 12.3. The van der Waals surface area contributed by atoms with Crippen molar-refractivity contribution in [1.29, 1.82) is 0 Å². The van der Waals surface area contributed by atoms with Crippen LogP contribution in [0, 0.1) is 13.8 Å². The van der Waals surface area contributed by atoms with E-state index in [0.717, 1.165) is 21.2 Å². The molecule has 0 amide bonds. The average Bonchev–Trinajstić information content (AvgIpc) is 2.26. The van der Waals surface area contributed by atoms with Gasteiger partial charge in [-0.15, -0.1) is 0 Å². The third-order valence-corrected chi connectivity index (χ3v) is 3.56. The first-order chi connectivity index (χ1) is 7.88. The molecule has 3 N–H and O–H groups in total. The molecule has 0 saturated carbocycles. The second kappa shape index (κ2) is 5.51. The van der Waals surface area contributed by atoms with E-state index in [2.05, 4.69) is 15.9 Å². The van der Waals surface area contributed by atoms with Crippen LogP contribution in [-0.4, -0.2) is 24.2 Å². The molecule has 1 unspecified atom stereocenters. The van der Waals surface area contributed by atoms with Gasteiger partial charge in [-0.25, -0.2) is 0 Å². The number of ether oxygens (including phenoxy) is 1. The highest BCUT2D eigenvalue weighted by Crippen LogP contribution is 2.33. The summed E-state index contributed by atoms with van der Waals surface area (Å²) in [5.41, 5.74) is 8.33. The molecule has 1 rings (SSSR count). The van der Waals surface area contributed by atoms with Crippen LogP contribution in [0.25, 0.3) is 0 Å². The molecule has 0 aliphatic carbocycles. The van der Waals surface area contributed by atoms with E-state index in [4.69, 9.17) is 15.6 Å². The fraction of sp³-hybridized carbons (Fsp3) is 0.417. The molecule has 0 saturated heterocycles. The highest BCUT2D eigenvalue weighted by atomic mass is 79.9. The SMILES string of the molecule is COc1c(C)c(Br)cc(C)c1CC(N)C(=O)O. The first-order valence-corrected chi connectivity index (χ1v) is 5.98. The molecule has 0 spiro atoms. The standard InChI is InChI=1S/C12H16BrNO3/c1-6-4-9(13)7(2)11(17-3)8(6)5-10(14)12(15)16/h4,10H,5,14H2,1-3H3,(H,15,16). The summed E-state index contributed by atoms with van der Waals surface area (Å²) >= 11 is 3.44. The molecule has 0 fully saturated rings. The molecule has 17 heavy (non-hydrogen) atoms. The van der Waals surface area contributed by atoms with Gasteiger partial charge in [0.25, 0.3) is 0 Å². The van der Waals surface area contributed by atoms with Gasteiger partial charge in [-0.1, -0.05) is 15.9 Å². The molecule has 0 bridgehead atoms. The van der Waals surface area contributed by atoms with E-state index < -0.39 is 12.0 Å². The van der Waals surface area contributed by atoms with Crippen molar-refractivity contribution in [2.24, 2.45) is 5.73 Å². The molecule has 94 valence electrons. The van der Waals surface area contributed by atoms with E-state index in [-0.39, 0.29) is 6.42 Å². The Balaban J connectivity index is 3.22. The molecular formula is C12H16BrNO3. The maximum Gasteiger partial charge on any atom is 0.320 e. The number of halogens is 1. The van der Waals surface area contributed by atoms with Gasteiger partial charge in [0.05, 0.1) is 7.11 Å². The minimum absolute atomic E-state index is 0.262. The number of rotatable bonds is 4. The van der Waals surface area contributed by atoms with Crippen LogP contribution < -0.4 is 10.5 Å². The quantitative estimate of drug-likeness (QED) is 0.892. The number of carboxylic acid groups (broad SMARTS) is 1. The van der Waals surface area contributed by atoms with Crippen molar-refractivity contribution < 1.29 is 14.6 Å². The number of aryl methyl sites for hydroxylation is 1. The number of nitrogens with two attached hydrogens (primary N) is 1. The summed E-state index contributed by atoms with van der Waals surface area (Å²) in [5, 5.41) is 8.85. The summed E-state index contributed by atoms with van der Waals surface area (Å²) in [6, 6.07) is 1.03. The lowest BCUT2D eigenvalue weighted by molar-refractivity contribution is -0.138. The second-order valence-corrected chi connectivity index (χ2v) is 4.82. The zero-order valence-corrected chi connectivity index (χ0v) is 11.7. The van der Waals surface area contributed by atoms with E-state index in [1.54, 1.807) is 7.11 Å². The van der Waals surface area contributed by atoms with Gasteiger partial charge in [0.15, 0.2) is 0 Å². The van der Waals surface area contributed by atoms with E-state index in [0.29, 0.717) is 5.75 Å². The van der Waals surface area contributed by atoms with E-state index in [1.807, 2.05) is 19.9 Å². The Morgan fingerprint density at radius 1 is 1.59 bits per heavy atom. The summed E-state index contributed by atoms with van der Waals surface area (Å²) < 4.78 is 6.28. The Labute approximate surface area is 109 Å². The largest absolute Gasteiger partial charge is 0.496 e. The molecule has 0 heterocycles. The highest BCUT2D eigenvalue weighted by molar-refractivity contribution is 9.10. The van der Waals surface area contributed by atoms with Crippen LogP contribution in [0.4, 0.5) is 0 Å². The van der Waals surface area contributed by atoms with Crippen molar-refractivity contribution in [3.63, 3.8) is 0 Å². The number of hydrogen-bond acceptors (Lipinski definition) is 3. The summed E-state index contributed by atoms with van der Waals surface area (Å²) in [7, 11) is 1.57. The first kappa shape index (κ1) is 14.0. The minimum atomic E-state index is -1.01. The number of carboxylic acids is 1. The van der Waals surface area contributed by atoms with Crippen molar-refractivity contribution in [2.45, 2.75) is 26.3 Å². The number of aliphatic carboxylic acids is 1.